The van der Waals surface area contributed by atoms with Crippen LogP contribution in [0.15, 0.2) is 24.3 Å². The van der Waals surface area contributed by atoms with Crippen LogP contribution in [0.4, 0.5) is 5.69 Å². The van der Waals surface area contributed by atoms with Gasteiger partial charge in [-0.25, -0.2) is 0 Å². The Balaban J connectivity index is 2.59. The molecule has 0 bridgehead atoms. The van der Waals surface area contributed by atoms with Crippen molar-refractivity contribution in [2.75, 3.05) is 5.88 Å². The van der Waals surface area contributed by atoms with Crippen LogP contribution in [0, 0.1) is 10.1 Å². The number of nitrogens with zero attached hydrogens (tertiary/aromatic N) is 1. The van der Waals surface area contributed by atoms with Gasteiger partial charge in [-0.2, -0.15) is 0 Å². The third-order valence-corrected chi connectivity index (χ3v) is 2.24. The third-order valence-electron chi connectivity index (χ3n) is 1.97. The van der Waals surface area contributed by atoms with E-state index in [1.165, 1.54) is 6.07 Å². The molecule has 0 aliphatic rings. The fourth-order valence-corrected chi connectivity index (χ4v) is 1.44. The fourth-order valence-electron chi connectivity index (χ4n) is 1.25. The maximum atomic E-state index is 10.5. The van der Waals surface area contributed by atoms with Gasteiger partial charge >= 0.3 is 0 Å². The van der Waals surface area contributed by atoms with E-state index in [9.17, 15) is 10.1 Å². The molecule has 1 rings (SSSR count). The molecule has 14 heavy (non-hydrogen) atoms. The lowest BCUT2D eigenvalue weighted by Crippen LogP contribution is -1.91. The van der Waals surface area contributed by atoms with E-state index in [4.69, 9.17) is 11.6 Å². The van der Waals surface area contributed by atoms with Crippen molar-refractivity contribution in [1.29, 1.82) is 0 Å². The molecule has 0 unspecified atom stereocenters. The second kappa shape index (κ2) is 5.60. The standard InChI is InChI=1S/C10H12ClNO2/c11-7-2-1-4-9-5-3-6-10(8-9)12(13)14/h3,5-6,8H,1-2,4,7H2. The molecule has 1 aromatic rings. The summed E-state index contributed by atoms with van der Waals surface area (Å²) in [4.78, 5) is 10.1. The van der Waals surface area contributed by atoms with Crippen molar-refractivity contribution in [3.8, 4) is 0 Å². The van der Waals surface area contributed by atoms with Gasteiger partial charge in [-0.3, -0.25) is 10.1 Å². The molecule has 0 saturated heterocycles. The largest absolute Gasteiger partial charge is 0.269 e. The first kappa shape index (κ1) is 11.0. The molecule has 4 heteroatoms. The Morgan fingerprint density at radius 2 is 2.14 bits per heavy atom. The van der Waals surface area contributed by atoms with Gasteiger partial charge < -0.3 is 0 Å². The Bertz CT molecular complexity index is 315. The van der Waals surface area contributed by atoms with E-state index in [2.05, 4.69) is 0 Å². The van der Waals surface area contributed by atoms with Gasteiger partial charge in [0.15, 0.2) is 0 Å². The van der Waals surface area contributed by atoms with Crippen LogP contribution < -0.4 is 0 Å². The molecule has 76 valence electrons. The van der Waals surface area contributed by atoms with Gasteiger partial charge in [-0.1, -0.05) is 12.1 Å². The minimum atomic E-state index is -0.370. The first-order chi connectivity index (χ1) is 6.74. The van der Waals surface area contributed by atoms with Crippen LogP contribution in [0.25, 0.3) is 0 Å². The van der Waals surface area contributed by atoms with Crippen LogP contribution in [-0.2, 0) is 6.42 Å². The predicted octanol–water partition coefficient (Wildman–Crippen LogP) is 3.16. The van der Waals surface area contributed by atoms with Crippen molar-refractivity contribution < 1.29 is 4.92 Å². The number of halogens is 1. The molecular weight excluding hydrogens is 202 g/mol. The SMILES string of the molecule is O=[N+]([O-])c1cccc(CCCCCl)c1. The molecular formula is C10H12ClNO2. The predicted molar refractivity (Wildman–Crippen MR) is 56.8 cm³/mol. The zero-order chi connectivity index (χ0) is 10.4. The Kier molecular flexibility index (Phi) is 4.40. The summed E-state index contributed by atoms with van der Waals surface area (Å²) in [6, 6.07) is 6.74. The van der Waals surface area contributed by atoms with Gasteiger partial charge in [0, 0.05) is 18.0 Å². The van der Waals surface area contributed by atoms with Gasteiger partial charge in [0.05, 0.1) is 4.92 Å². The van der Waals surface area contributed by atoms with E-state index in [-0.39, 0.29) is 10.6 Å². The summed E-state index contributed by atoms with van der Waals surface area (Å²) in [6.45, 7) is 0. The molecule has 0 aliphatic heterocycles. The Morgan fingerprint density at radius 3 is 2.79 bits per heavy atom. The van der Waals surface area contributed by atoms with Crippen molar-refractivity contribution in [3.63, 3.8) is 0 Å². The fraction of sp³-hybridized carbons (Fsp3) is 0.400. The summed E-state index contributed by atoms with van der Waals surface area (Å²) in [5.41, 5.74) is 1.16. The monoisotopic (exact) mass is 213 g/mol. The normalized spacial score (nSPS) is 10.1. The van der Waals surface area contributed by atoms with Gasteiger partial charge in [0.2, 0.25) is 0 Å². The summed E-state index contributed by atoms with van der Waals surface area (Å²) in [7, 11) is 0. The Hall–Kier alpha value is -1.09. The second-order valence-corrected chi connectivity index (χ2v) is 3.45. The lowest BCUT2D eigenvalue weighted by atomic mass is 10.1. The number of alkyl halides is 1. The second-order valence-electron chi connectivity index (χ2n) is 3.07. The van der Waals surface area contributed by atoms with Crippen LogP contribution in [0.3, 0.4) is 0 Å². The van der Waals surface area contributed by atoms with Crippen LogP contribution >= 0.6 is 11.6 Å². The number of unbranched alkanes of at least 4 members (excludes halogenated alkanes) is 1. The van der Waals surface area contributed by atoms with Gasteiger partial charge in [-0.15, -0.1) is 11.6 Å². The number of nitro benzene ring substituents is 1. The lowest BCUT2D eigenvalue weighted by Gasteiger charge is -1.99. The van der Waals surface area contributed by atoms with Crippen LogP contribution in [0.1, 0.15) is 18.4 Å². The van der Waals surface area contributed by atoms with E-state index in [0.717, 1.165) is 24.8 Å². The summed E-state index contributed by atoms with van der Waals surface area (Å²) >= 11 is 5.54. The lowest BCUT2D eigenvalue weighted by molar-refractivity contribution is -0.384. The van der Waals surface area contributed by atoms with E-state index in [1.54, 1.807) is 12.1 Å². The summed E-state index contributed by atoms with van der Waals surface area (Å²) in [5, 5.41) is 10.5. The number of hydrogen-bond donors (Lipinski definition) is 0. The highest BCUT2D eigenvalue weighted by Gasteiger charge is 2.04. The average Bonchev–Trinajstić information content (AvgIpc) is 2.19. The van der Waals surface area contributed by atoms with E-state index < -0.39 is 0 Å². The third kappa shape index (κ3) is 3.34. The molecule has 3 nitrogen and oxygen atoms in total. The Labute approximate surface area is 87.8 Å². The molecule has 0 atom stereocenters. The Morgan fingerprint density at radius 1 is 1.36 bits per heavy atom. The van der Waals surface area contributed by atoms with Crippen LogP contribution in [0.2, 0.25) is 0 Å². The molecule has 0 radical (unpaired) electrons. The van der Waals surface area contributed by atoms with Crippen molar-refractivity contribution in [3.05, 3.63) is 39.9 Å². The summed E-state index contributed by atoms with van der Waals surface area (Å²) in [6.07, 6.45) is 2.78. The topological polar surface area (TPSA) is 43.1 Å². The molecule has 0 aromatic heterocycles. The zero-order valence-corrected chi connectivity index (χ0v) is 8.54. The number of nitro groups is 1. The minimum Gasteiger partial charge on any atom is -0.258 e. The highest BCUT2D eigenvalue weighted by Crippen LogP contribution is 2.14. The maximum Gasteiger partial charge on any atom is 0.269 e. The van der Waals surface area contributed by atoms with Crippen LogP contribution in [-0.4, -0.2) is 10.8 Å². The number of non-ortho nitro benzene ring substituents is 1. The highest BCUT2D eigenvalue weighted by atomic mass is 35.5. The summed E-state index contributed by atoms with van der Waals surface area (Å²) in [5.74, 6) is 0.648. The molecule has 0 fully saturated rings. The smallest absolute Gasteiger partial charge is 0.258 e. The minimum absolute atomic E-state index is 0.161. The van der Waals surface area contributed by atoms with Gasteiger partial charge in [-0.05, 0) is 24.8 Å². The zero-order valence-electron chi connectivity index (χ0n) is 7.78. The quantitative estimate of drug-likeness (QED) is 0.326. The summed E-state index contributed by atoms with van der Waals surface area (Å²) < 4.78 is 0. The molecule has 1 aromatic carbocycles. The van der Waals surface area contributed by atoms with Crippen molar-refractivity contribution >= 4 is 17.3 Å². The molecule has 0 heterocycles. The highest BCUT2D eigenvalue weighted by molar-refractivity contribution is 6.17. The number of benzene rings is 1. The average molecular weight is 214 g/mol. The molecule has 0 N–H and O–H groups in total. The molecule has 0 aliphatic carbocycles. The number of hydrogen-bond acceptors (Lipinski definition) is 2. The molecule has 0 amide bonds. The van der Waals surface area contributed by atoms with Crippen molar-refractivity contribution in [2.45, 2.75) is 19.3 Å². The van der Waals surface area contributed by atoms with E-state index in [1.807, 2.05) is 6.07 Å². The van der Waals surface area contributed by atoms with Crippen molar-refractivity contribution in [1.82, 2.24) is 0 Å². The van der Waals surface area contributed by atoms with E-state index >= 15 is 0 Å². The molecule has 0 saturated carbocycles. The van der Waals surface area contributed by atoms with Crippen molar-refractivity contribution in [2.24, 2.45) is 0 Å². The number of aryl methyl sites for hydroxylation is 1. The first-order valence-electron chi connectivity index (χ1n) is 4.53. The van der Waals surface area contributed by atoms with Gasteiger partial charge in [0.1, 0.15) is 0 Å². The number of rotatable bonds is 5. The first-order valence-corrected chi connectivity index (χ1v) is 5.07. The van der Waals surface area contributed by atoms with E-state index in [0.29, 0.717) is 5.88 Å². The maximum absolute atomic E-state index is 10.5. The van der Waals surface area contributed by atoms with Gasteiger partial charge in [0.25, 0.3) is 5.69 Å². The molecule has 0 spiro atoms. The van der Waals surface area contributed by atoms with Crippen LogP contribution in [0.5, 0.6) is 0 Å².